The van der Waals surface area contributed by atoms with Gasteiger partial charge in [-0.15, -0.1) is 0 Å². The molecule has 0 bridgehead atoms. The van der Waals surface area contributed by atoms with Gasteiger partial charge in [-0.3, -0.25) is 0 Å². The van der Waals surface area contributed by atoms with E-state index in [0.717, 1.165) is 31.6 Å². The summed E-state index contributed by atoms with van der Waals surface area (Å²) in [5.41, 5.74) is 0.624. The molecule has 1 aliphatic heterocycles. The van der Waals surface area contributed by atoms with Crippen molar-refractivity contribution in [2.24, 2.45) is 0 Å². The van der Waals surface area contributed by atoms with Crippen LogP contribution in [0, 0.1) is 0 Å². The zero-order valence-corrected chi connectivity index (χ0v) is 14.0. The zero-order chi connectivity index (χ0) is 16.2. The lowest BCUT2D eigenvalue weighted by Crippen LogP contribution is -2.34. The first-order valence-corrected chi connectivity index (χ1v) is 7.96. The Kier molecular flexibility index (Phi) is 5.45. The first-order valence-electron chi connectivity index (χ1n) is 7.96. The van der Waals surface area contributed by atoms with Crippen molar-refractivity contribution in [3.63, 3.8) is 0 Å². The lowest BCUT2D eigenvalue weighted by molar-refractivity contribution is 0.0527. The van der Waals surface area contributed by atoms with E-state index in [2.05, 4.69) is 21.8 Å². The van der Waals surface area contributed by atoms with Crippen LogP contribution in [0.15, 0.2) is 12.5 Å². The van der Waals surface area contributed by atoms with Gasteiger partial charge in [-0.1, -0.05) is 0 Å². The molecule has 2 unspecified atom stereocenters. The number of alkyl carbamates (subject to hydrolysis) is 1. The number of nitrogens with zero attached hydrogens (tertiary/aromatic N) is 2. The fourth-order valence-electron chi connectivity index (χ4n) is 2.66. The van der Waals surface area contributed by atoms with E-state index in [0.29, 0.717) is 6.54 Å². The first kappa shape index (κ1) is 16.8. The van der Waals surface area contributed by atoms with Crippen molar-refractivity contribution >= 4 is 6.09 Å². The molecule has 1 aromatic rings. The Bertz CT molecular complexity index is 487. The van der Waals surface area contributed by atoms with Gasteiger partial charge in [-0.25, -0.2) is 9.78 Å². The van der Waals surface area contributed by atoms with Crippen molar-refractivity contribution in [1.82, 2.24) is 14.9 Å². The highest BCUT2D eigenvalue weighted by Crippen LogP contribution is 2.25. The van der Waals surface area contributed by atoms with Gasteiger partial charge in [0, 0.05) is 31.5 Å². The summed E-state index contributed by atoms with van der Waals surface area (Å²) in [5, 5.41) is 2.78. The van der Waals surface area contributed by atoms with E-state index in [1.807, 2.05) is 33.3 Å². The van der Waals surface area contributed by atoms with Crippen LogP contribution < -0.4 is 5.32 Å². The predicted molar refractivity (Wildman–Crippen MR) is 83.9 cm³/mol. The Morgan fingerprint density at radius 2 is 2.36 bits per heavy atom. The van der Waals surface area contributed by atoms with Crippen molar-refractivity contribution < 1.29 is 14.3 Å². The van der Waals surface area contributed by atoms with Crippen LogP contribution in [0.25, 0.3) is 0 Å². The van der Waals surface area contributed by atoms with E-state index in [-0.39, 0.29) is 18.2 Å². The lowest BCUT2D eigenvalue weighted by atomic mass is 10.1. The highest BCUT2D eigenvalue weighted by Gasteiger charge is 2.24. The van der Waals surface area contributed by atoms with Gasteiger partial charge in [-0.2, -0.15) is 0 Å². The predicted octanol–water partition coefficient (Wildman–Crippen LogP) is 2.69. The molecule has 0 saturated carbocycles. The van der Waals surface area contributed by atoms with E-state index in [1.165, 1.54) is 0 Å². The maximum absolute atomic E-state index is 11.6. The minimum Gasteiger partial charge on any atom is -0.444 e. The van der Waals surface area contributed by atoms with Crippen LogP contribution in [0.3, 0.4) is 0 Å². The maximum atomic E-state index is 11.6. The summed E-state index contributed by atoms with van der Waals surface area (Å²) in [7, 11) is 0. The fourth-order valence-corrected chi connectivity index (χ4v) is 2.66. The third-order valence-corrected chi connectivity index (χ3v) is 3.74. The molecule has 6 nitrogen and oxygen atoms in total. The molecule has 2 atom stereocenters. The van der Waals surface area contributed by atoms with Gasteiger partial charge >= 0.3 is 6.09 Å². The molecule has 1 amide bonds. The Hall–Kier alpha value is -1.56. The fraction of sp³-hybridized carbons (Fsp3) is 0.750. The average molecular weight is 309 g/mol. The third-order valence-electron chi connectivity index (χ3n) is 3.74. The van der Waals surface area contributed by atoms with Crippen molar-refractivity contribution in [2.45, 2.75) is 64.7 Å². The van der Waals surface area contributed by atoms with Crippen molar-refractivity contribution in [1.29, 1.82) is 0 Å². The molecule has 0 spiro atoms. The second-order valence-electron chi connectivity index (χ2n) is 6.76. The molecule has 0 radical (unpaired) electrons. The van der Waals surface area contributed by atoms with Crippen molar-refractivity contribution in [3.05, 3.63) is 18.2 Å². The maximum Gasteiger partial charge on any atom is 0.407 e. The molecule has 1 fully saturated rings. The third kappa shape index (κ3) is 4.73. The SMILES string of the molecule is CC(C1CCCO1)n1cncc1CCNC(=O)OC(C)(C)C. The zero-order valence-electron chi connectivity index (χ0n) is 14.0. The van der Waals surface area contributed by atoms with Crippen molar-refractivity contribution in [3.8, 4) is 0 Å². The molecule has 1 aliphatic rings. The monoisotopic (exact) mass is 309 g/mol. The van der Waals surface area contributed by atoms with Gasteiger partial charge in [0.15, 0.2) is 0 Å². The molecule has 2 heterocycles. The average Bonchev–Trinajstić information content (AvgIpc) is 3.07. The quantitative estimate of drug-likeness (QED) is 0.908. The first-order chi connectivity index (χ1) is 10.4. The summed E-state index contributed by atoms with van der Waals surface area (Å²) in [6.45, 7) is 9.08. The Morgan fingerprint density at radius 3 is 3.00 bits per heavy atom. The number of hydrogen-bond donors (Lipinski definition) is 1. The van der Waals surface area contributed by atoms with Gasteiger partial charge in [0.1, 0.15) is 5.60 Å². The largest absolute Gasteiger partial charge is 0.444 e. The summed E-state index contributed by atoms with van der Waals surface area (Å²) in [5.74, 6) is 0. The van der Waals surface area contributed by atoms with E-state index in [1.54, 1.807) is 0 Å². The highest BCUT2D eigenvalue weighted by molar-refractivity contribution is 5.67. The van der Waals surface area contributed by atoms with Gasteiger partial charge in [-0.05, 0) is 40.5 Å². The molecule has 0 aliphatic carbocycles. The number of rotatable bonds is 5. The number of ether oxygens (including phenoxy) is 2. The van der Waals surface area contributed by atoms with Crippen LogP contribution >= 0.6 is 0 Å². The molecule has 0 aromatic carbocycles. The number of carbonyl (C=O) groups is 1. The molecule has 6 heteroatoms. The van der Waals surface area contributed by atoms with Crippen LogP contribution in [-0.2, 0) is 15.9 Å². The molecular weight excluding hydrogens is 282 g/mol. The molecule has 1 saturated heterocycles. The minimum atomic E-state index is -0.472. The van der Waals surface area contributed by atoms with E-state index >= 15 is 0 Å². The van der Waals surface area contributed by atoms with Crippen LogP contribution in [-0.4, -0.2) is 40.5 Å². The van der Waals surface area contributed by atoms with Gasteiger partial charge in [0.25, 0.3) is 0 Å². The molecule has 124 valence electrons. The van der Waals surface area contributed by atoms with E-state index in [4.69, 9.17) is 9.47 Å². The minimum absolute atomic E-state index is 0.256. The standard InChI is InChI=1S/C16H27N3O3/c1-12(14-6-5-9-21-14)19-11-17-10-13(19)7-8-18-15(20)22-16(2,3)4/h10-12,14H,5-9H2,1-4H3,(H,18,20). The van der Waals surface area contributed by atoms with E-state index < -0.39 is 5.60 Å². The van der Waals surface area contributed by atoms with Crippen LogP contribution in [0.4, 0.5) is 4.79 Å². The summed E-state index contributed by atoms with van der Waals surface area (Å²) in [4.78, 5) is 15.9. The summed E-state index contributed by atoms with van der Waals surface area (Å²) < 4.78 is 13.1. The number of carbonyl (C=O) groups excluding carboxylic acids is 1. The van der Waals surface area contributed by atoms with Gasteiger partial charge in [0.05, 0.1) is 18.5 Å². The highest BCUT2D eigenvalue weighted by atomic mass is 16.6. The summed E-state index contributed by atoms with van der Waals surface area (Å²) in [6, 6.07) is 0.265. The summed E-state index contributed by atoms with van der Waals surface area (Å²) >= 11 is 0. The second kappa shape index (κ2) is 7.13. The molecule has 1 aromatic heterocycles. The Balaban J connectivity index is 1.84. The second-order valence-corrected chi connectivity index (χ2v) is 6.76. The van der Waals surface area contributed by atoms with Crippen molar-refractivity contribution in [2.75, 3.05) is 13.2 Å². The Labute approximate surface area is 132 Å². The molecule has 2 rings (SSSR count). The van der Waals surface area contributed by atoms with E-state index in [9.17, 15) is 4.79 Å². The molecule has 22 heavy (non-hydrogen) atoms. The number of amides is 1. The topological polar surface area (TPSA) is 65.4 Å². The number of aromatic nitrogens is 2. The smallest absolute Gasteiger partial charge is 0.407 e. The molecular formula is C16H27N3O3. The Morgan fingerprint density at radius 1 is 1.59 bits per heavy atom. The number of imidazole rings is 1. The van der Waals surface area contributed by atoms with Crippen LogP contribution in [0.5, 0.6) is 0 Å². The lowest BCUT2D eigenvalue weighted by Gasteiger charge is -2.22. The number of hydrogen-bond acceptors (Lipinski definition) is 4. The van der Waals surface area contributed by atoms with Gasteiger partial charge < -0.3 is 19.4 Å². The summed E-state index contributed by atoms with van der Waals surface area (Å²) in [6.07, 6.45) is 6.50. The van der Waals surface area contributed by atoms with Crippen LogP contribution in [0.2, 0.25) is 0 Å². The number of nitrogens with one attached hydrogen (secondary N) is 1. The van der Waals surface area contributed by atoms with Gasteiger partial charge in [0.2, 0.25) is 0 Å². The molecule has 1 N–H and O–H groups in total. The van der Waals surface area contributed by atoms with Crippen LogP contribution in [0.1, 0.15) is 52.3 Å². The normalized spacial score (nSPS) is 19.9.